The molecule has 0 aliphatic rings. The molecule has 2 aromatic rings. The van der Waals surface area contributed by atoms with Crippen LogP contribution in [-0.2, 0) is 6.42 Å². The Bertz CT molecular complexity index is 400. The summed E-state index contributed by atoms with van der Waals surface area (Å²) in [5.41, 5.74) is 1.20. The summed E-state index contributed by atoms with van der Waals surface area (Å²) in [6, 6.07) is 4.30. The second kappa shape index (κ2) is 3.60. The van der Waals surface area contributed by atoms with Crippen LogP contribution in [0.25, 0.3) is 9.88 Å². The Morgan fingerprint density at radius 3 is 2.77 bits per heavy atom. The fourth-order valence-electron chi connectivity index (χ4n) is 1.13. The van der Waals surface area contributed by atoms with Crippen molar-refractivity contribution in [2.45, 2.75) is 20.3 Å². The Hall–Kier alpha value is -0.670. The van der Waals surface area contributed by atoms with Crippen molar-refractivity contribution >= 4 is 22.7 Å². The molecule has 0 aliphatic carbocycles. The lowest BCUT2D eigenvalue weighted by Gasteiger charge is -1.87. The Kier molecular flexibility index (Phi) is 2.47. The van der Waals surface area contributed by atoms with Gasteiger partial charge < -0.3 is 0 Å². The lowest BCUT2D eigenvalue weighted by Crippen LogP contribution is -1.77. The second-order valence-electron chi connectivity index (χ2n) is 2.91. The third-order valence-electron chi connectivity index (χ3n) is 1.87. The highest BCUT2D eigenvalue weighted by atomic mass is 32.1. The molecule has 0 N–H and O–H groups in total. The minimum atomic E-state index is 1.03. The van der Waals surface area contributed by atoms with Crippen molar-refractivity contribution < 1.29 is 0 Å². The zero-order chi connectivity index (χ0) is 9.26. The smallest absolute Gasteiger partial charge is 0.133 e. The first-order valence-corrected chi connectivity index (χ1v) is 6.00. The molecule has 0 fully saturated rings. The van der Waals surface area contributed by atoms with E-state index >= 15 is 0 Å². The van der Waals surface area contributed by atoms with Gasteiger partial charge in [0.1, 0.15) is 5.01 Å². The first-order valence-electron chi connectivity index (χ1n) is 4.31. The van der Waals surface area contributed by atoms with Gasteiger partial charge in [-0.05, 0) is 25.5 Å². The summed E-state index contributed by atoms with van der Waals surface area (Å²) in [6.45, 7) is 4.26. The molecule has 1 nitrogen and oxygen atoms in total. The SMILES string of the molecule is CCc1csc(-c2ccc(C)s2)n1. The molecule has 0 saturated heterocycles. The highest BCUT2D eigenvalue weighted by molar-refractivity contribution is 7.21. The molecule has 0 aromatic carbocycles. The van der Waals surface area contributed by atoms with E-state index in [9.17, 15) is 0 Å². The van der Waals surface area contributed by atoms with Crippen LogP contribution in [0.2, 0.25) is 0 Å². The van der Waals surface area contributed by atoms with Gasteiger partial charge in [-0.1, -0.05) is 6.92 Å². The minimum Gasteiger partial charge on any atom is -0.240 e. The topological polar surface area (TPSA) is 12.9 Å². The fourth-order valence-corrected chi connectivity index (χ4v) is 2.97. The molecule has 2 heterocycles. The van der Waals surface area contributed by atoms with E-state index in [4.69, 9.17) is 0 Å². The van der Waals surface area contributed by atoms with Crippen LogP contribution in [0, 0.1) is 6.92 Å². The molecule has 3 heteroatoms. The van der Waals surface area contributed by atoms with Crippen LogP contribution >= 0.6 is 22.7 Å². The van der Waals surface area contributed by atoms with E-state index in [0.29, 0.717) is 0 Å². The second-order valence-corrected chi connectivity index (χ2v) is 5.05. The van der Waals surface area contributed by atoms with Crippen LogP contribution in [0.15, 0.2) is 17.5 Å². The Morgan fingerprint density at radius 1 is 1.38 bits per heavy atom. The maximum absolute atomic E-state index is 4.54. The third-order valence-corrected chi connectivity index (χ3v) is 3.93. The van der Waals surface area contributed by atoms with E-state index < -0.39 is 0 Å². The van der Waals surface area contributed by atoms with Gasteiger partial charge in [-0.2, -0.15) is 0 Å². The molecular weight excluding hydrogens is 198 g/mol. The summed E-state index contributed by atoms with van der Waals surface area (Å²) in [6.07, 6.45) is 1.03. The quantitative estimate of drug-likeness (QED) is 0.734. The average molecular weight is 209 g/mol. The van der Waals surface area contributed by atoms with Crippen molar-refractivity contribution in [2.24, 2.45) is 0 Å². The first kappa shape index (κ1) is 8.91. The monoisotopic (exact) mass is 209 g/mol. The van der Waals surface area contributed by atoms with Crippen LogP contribution in [0.4, 0.5) is 0 Å². The molecule has 0 bridgehead atoms. The zero-order valence-electron chi connectivity index (χ0n) is 7.70. The number of aryl methyl sites for hydroxylation is 2. The largest absolute Gasteiger partial charge is 0.240 e. The zero-order valence-corrected chi connectivity index (χ0v) is 9.34. The van der Waals surface area contributed by atoms with Gasteiger partial charge in [0.25, 0.3) is 0 Å². The number of nitrogens with zero attached hydrogens (tertiary/aromatic N) is 1. The predicted octanol–water partition coefficient (Wildman–Crippen LogP) is 3.74. The Balaban J connectivity index is 2.35. The predicted molar refractivity (Wildman–Crippen MR) is 59.5 cm³/mol. The average Bonchev–Trinajstić information content (AvgIpc) is 2.71. The van der Waals surface area contributed by atoms with E-state index in [0.717, 1.165) is 11.4 Å². The van der Waals surface area contributed by atoms with E-state index in [1.807, 2.05) is 11.3 Å². The Labute approximate surface area is 86.1 Å². The standard InChI is InChI=1S/C10H11NS2/c1-3-8-6-12-10(11-8)9-5-4-7(2)13-9/h4-6H,3H2,1-2H3. The molecular formula is C10H11NS2. The summed E-state index contributed by atoms with van der Waals surface area (Å²) in [5, 5.41) is 3.31. The van der Waals surface area contributed by atoms with E-state index in [2.05, 4.69) is 36.3 Å². The van der Waals surface area contributed by atoms with Crippen LogP contribution in [0.1, 0.15) is 17.5 Å². The van der Waals surface area contributed by atoms with Crippen molar-refractivity contribution in [3.63, 3.8) is 0 Å². The lowest BCUT2D eigenvalue weighted by atomic mass is 10.4. The summed E-state index contributed by atoms with van der Waals surface area (Å²) in [7, 11) is 0. The van der Waals surface area contributed by atoms with Crippen LogP contribution in [0.3, 0.4) is 0 Å². The first-order chi connectivity index (χ1) is 6.29. The number of aromatic nitrogens is 1. The van der Waals surface area contributed by atoms with E-state index in [-0.39, 0.29) is 0 Å². The van der Waals surface area contributed by atoms with Gasteiger partial charge in [-0.25, -0.2) is 4.98 Å². The van der Waals surface area contributed by atoms with Crippen LogP contribution in [0.5, 0.6) is 0 Å². The van der Waals surface area contributed by atoms with Gasteiger partial charge >= 0.3 is 0 Å². The Morgan fingerprint density at radius 2 is 2.23 bits per heavy atom. The van der Waals surface area contributed by atoms with Gasteiger partial charge in [0.05, 0.1) is 10.6 Å². The highest BCUT2D eigenvalue weighted by Gasteiger charge is 2.04. The number of hydrogen-bond donors (Lipinski definition) is 0. The van der Waals surface area contributed by atoms with Gasteiger partial charge in [0, 0.05) is 10.3 Å². The molecule has 13 heavy (non-hydrogen) atoms. The molecule has 0 atom stereocenters. The number of thiophene rings is 1. The number of thiazole rings is 1. The van der Waals surface area contributed by atoms with Crippen molar-refractivity contribution in [1.82, 2.24) is 4.98 Å². The summed E-state index contributed by atoms with van der Waals surface area (Å²) in [4.78, 5) is 7.19. The number of rotatable bonds is 2. The van der Waals surface area contributed by atoms with E-state index in [1.165, 1.54) is 15.4 Å². The molecule has 2 aromatic heterocycles. The summed E-state index contributed by atoms with van der Waals surface area (Å²) >= 11 is 3.55. The molecule has 0 radical (unpaired) electrons. The summed E-state index contributed by atoms with van der Waals surface area (Å²) in [5.74, 6) is 0. The normalized spacial score (nSPS) is 10.6. The van der Waals surface area contributed by atoms with Gasteiger partial charge in [0.15, 0.2) is 0 Å². The molecule has 0 spiro atoms. The van der Waals surface area contributed by atoms with Crippen molar-refractivity contribution in [1.29, 1.82) is 0 Å². The molecule has 0 amide bonds. The highest BCUT2D eigenvalue weighted by Crippen LogP contribution is 2.30. The van der Waals surface area contributed by atoms with Crippen molar-refractivity contribution in [3.05, 3.63) is 28.1 Å². The fraction of sp³-hybridized carbons (Fsp3) is 0.300. The van der Waals surface area contributed by atoms with Crippen molar-refractivity contribution in [2.75, 3.05) is 0 Å². The molecule has 68 valence electrons. The minimum absolute atomic E-state index is 1.03. The molecule has 0 saturated carbocycles. The van der Waals surface area contributed by atoms with E-state index in [1.54, 1.807) is 11.3 Å². The third kappa shape index (κ3) is 1.81. The van der Waals surface area contributed by atoms with Gasteiger partial charge in [-0.15, -0.1) is 22.7 Å². The maximum Gasteiger partial charge on any atom is 0.133 e. The molecule has 0 unspecified atom stereocenters. The summed E-state index contributed by atoms with van der Waals surface area (Å²) < 4.78 is 0. The van der Waals surface area contributed by atoms with Crippen LogP contribution < -0.4 is 0 Å². The number of hydrogen-bond acceptors (Lipinski definition) is 3. The molecule has 2 rings (SSSR count). The van der Waals surface area contributed by atoms with Crippen molar-refractivity contribution in [3.8, 4) is 9.88 Å². The maximum atomic E-state index is 4.54. The van der Waals surface area contributed by atoms with Crippen LogP contribution in [-0.4, -0.2) is 4.98 Å². The molecule has 0 aliphatic heterocycles. The lowest BCUT2D eigenvalue weighted by molar-refractivity contribution is 1.07. The van der Waals surface area contributed by atoms with Gasteiger partial charge in [-0.3, -0.25) is 0 Å². The van der Waals surface area contributed by atoms with Gasteiger partial charge in [0.2, 0.25) is 0 Å².